The van der Waals surface area contributed by atoms with E-state index in [1.54, 1.807) is 107 Å². The number of aromatic amines is 1. The highest BCUT2D eigenvalue weighted by molar-refractivity contribution is 6.03. The first-order valence-corrected chi connectivity index (χ1v) is 47.3. The van der Waals surface area contributed by atoms with Gasteiger partial charge in [0.1, 0.15) is 84.8 Å². The molecular weight excluding hydrogens is 1770 g/mol. The number of ether oxygens (including phenoxy) is 1. The number of primary amides is 2. The molecule has 0 unspecified atom stereocenters. The van der Waals surface area contributed by atoms with Crippen molar-refractivity contribution in [2.75, 3.05) is 73.6 Å². The number of carbonyl (C=O) groups excluding carboxylic acids is 17. The van der Waals surface area contributed by atoms with Crippen LogP contribution in [0.15, 0.2) is 85.2 Å². The number of piperidine rings is 1. The van der Waals surface area contributed by atoms with Crippen molar-refractivity contribution in [1.82, 2.24) is 87.2 Å². The number of Topliss-reactive ketones (excluding diaryl/α,β-unsaturated/α-hetero) is 1. The summed E-state index contributed by atoms with van der Waals surface area (Å²) in [5, 5.41) is 49.8. The van der Waals surface area contributed by atoms with Gasteiger partial charge in [0.15, 0.2) is 5.78 Å². The van der Waals surface area contributed by atoms with Crippen LogP contribution < -0.4 is 80.8 Å². The Morgan fingerprint density at radius 1 is 0.547 bits per heavy atom. The minimum atomic E-state index is -1.73. The third-order valence-electron chi connectivity index (χ3n) is 25.5. The predicted molar refractivity (Wildman–Crippen MR) is 503 cm³/mol. The maximum atomic E-state index is 16.0. The number of carboxylic acids is 1. The summed E-state index contributed by atoms with van der Waals surface area (Å²) in [5.41, 5.74) is 26.3. The summed E-state index contributed by atoms with van der Waals surface area (Å²) in [6, 6.07) is 1.03. The monoisotopic (exact) mass is 1910 g/mol. The highest BCUT2D eigenvalue weighted by atomic mass is 16.5. The molecule has 4 fully saturated rings. The van der Waals surface area contributed by atoms with Crippen molar-refractivity contribution < 1.29 is 101 Å². The number of rotatable bonds is 27. The minimum absolute atomic E-state index is 0.00458. The lowest BCUT2D eigenvalue weighted by atomic mass is 9.90. The van der Waals surface area contributed by atoms with Crippen molar-refractivity contribution in [2.45, 2.75) is 261 Å². The Bertz CT molecular complexity index is 5140. The average Bonchev–Trinajstić information content (AvgIpc) is 1.55. The molecule has 0 spiro atoms. The number of carbonyl (C=O) groups is 18. The van der Waals surface area contributed by atoms with E-state index in [0.29, 0.717) is 82.8 Å². The van der Waals surface area contributed by atoms with Crippen LogP contribution in [0.3, 0.4) is 0 Å². The number of carboxylic acid groups (broad SMARTS) is 1. The van der Waals surface area contributed by atoms with Gasteiger partial charge in [0.25, 0.3) is 0 Å². The number of likely N-dealkylation sites (N-methyl/N-ethyl adjacent to an activating group) is 2. The molecule has 4 aliphatic rings. The summed E-state index contributed by atoms with van der Waals surface area (Å²) in [6.45, 7) is 6.93. The highest BCUT2D eigenvalue weighted by Gasteiger charge is 2.47. The number of fused-ring (bicyclic) bond motifs is 5. The number of nitrogens with two attached hydrogens (primary N) is 4. The standard InChI is InChI=1S/C95H137N21O21/c1-10-12-24-73-88(129)105-65(37-53(3)4)86(127)110-71(84(125)102-48-80(99)120)47-100-49-81(121)103-67(39-55-29-31-60(137-9)32-30-55)92(133)114-35-19-18-27-74(114)89(130)108-69(44-79(98)119)93(134)115-36-20-28-75(115)90(131)109-70(45-97)87(128)106-66(38-54(5)6)94(135)116-51-59(117)43-77(116)78(118)42-56(40-57-46-101-63-23-16-14-21-61(57)63)83(124)104-64(33-34-96)85(126)107-68(91(132)112(8)76(25-13-11-2)95(136)111(73)7)41-58-50-113(52-82(122)123)72-26-17-15-22-62(58)72/h14-17,21-23,26,29-32,46,50,53-54,56,59,64-71,73-77,100-101,117H,10-13,18-20,24-25,27-28,33-45,47-49,51-52,96-97H2,1-9H3,(H2,98,119)(H2,99,120)(H,102,125)(H,103,121)(H,104,124)(H,105,129)(H,106,128)(H,107,126)(H,108,130)(H,109,131)(H,110,127)(H,122,123)/t56-,59-,64+,65+,66+,67+,68+,69+,70+,71+,73+,74+,75+,76+,77+/m1/s1. The summed E-state index contributed by atoms with van der Waals surface area (Å²) < 4.78 is 6.83. The largest absolute Gasteiger partial charge is 0.497 e. The van der Waals surface area contributed by atoms with Gasteiger partial charge in [-0.15, -0.1) is 0 Å². The van der Waals surface area contributed by atoms with Gasteiger partial charge in [-0.2, -0.15) is 0 Å². The van der Waals surface area contributed by atoms with E-state index in [-0.39, 0.29) is 109 Å². The second kappa shape index (κ2) is 51.3. The zero-order chi connectivity index (χ0) is 100. The van der Waals surface area contributed by atoms with Crippen LogP contribution in [0.25, 0.3) is 21.8 Å². The van der Waals surface area contributed by atoms with Gasteiger partial charge in [-0.05, 0) is 130 Å². The van der Waals surface area contributed by atoms with Crippen LogP contribution >= 0.6 is 0 Å². The number of aliphatic hydroxyl groups is 1. The number of H-pyrrole nitrogens is 1. The van der Waals surface area contributed by atoms with E-state index in [0.717, 1.165) is 14.7 Å². The predicted octanol–water partition coefficient (Wildman–Crippen LogP) is -1.45. The Balaban J connectivity index is 1.11. The molecule has 0 aliphatic carbocycles. The molecule has 21 N–H and O–H groups in total. The Labute approximate surface area is 795 Å². The van der Waals surface area contributed by atoms with Gasteiger partial charge >= 0.3 is 5.97 Å². The van der Waals surface area contributed by atoms with Gasteiger partial charge in [0, 0.05) is 113 Å². The molecule has 2 aromatic heterocycles. The van der Waals surface area contributed by atoms with Gasteiger partial charge in [-0.3, -0.25) is 86.3 Å². The van der Waals surface area contributed by atoms with Crippen LogP contribution in [0.1, 0.15) is 167 Å². The van der Waals surface area contributed by atoms with Crippen molar-refractivity contribution in [1.29, 1.82) is 0 Å². The van der Waals surface area contributed by atoms with Gasteiger partial charge < -0.3 is 125 Å². The molecule has 16 amide bonds. The van der Waals surface area contributed by atoms with E-state index in [9.17, 15) is 58.2 Å². The van der Waals surface area contributed by atoms with Crippen LogP contribution in [0.2, 0.25) is 0 Å². The van der Waals surface area contributed by atoms with Gasteiger partial charge in [-0.1, -0.05) is 116 Å². The summed E-state index contributed by atoms with van der Waals surface area (Å²) in [4.78, 5) is 273. The molecule has 42 nitrogen and oxygen atoms in total. The number of hydrogen-bond acceptors (Lipinski definition) is 23. The van der Waals surface area contributed by atoms with Crippen LogP contribution in [0.4, 0.5) is 0 Å². The number of aliphatic hydroxyl groups excluding tert-OH is 1. The fourth-order valence-electron chi connectivity index (χ4n) is 18.3. The fraction of sp³-hybridized carbons (Fsp3) is 0.579. The first-order valence-electron chi connectivity index (χ1n) is 47.3. The molecule has 42 heteroatoms. The van der Waals surface area contributed by atoms with E-state index in [1.165, 1.54) is 41.8 Å². The maximum Gasteiger partial charge on any atom is 0.323 e. The number of unbranched alkanes of at least 4 members (excludes halogenated alkanes) is 2. The normalized spacial score (nSPS) is 25.2. The summed E-state index contributed by atoms with van der Waals surface area (Å²) in [6.07, 6.45) is 1.66. The number of ketones is 1. The zero-order valence-corrected chi connectivity index (χ0v) is 79.5. The lowest BCUT2D eigenvalue weighted by Crippen LogP contribution is -2.62. The van der Waals surface area contributed by atoms with E-state index < -0.39 is 249 Å². The Morgan fingerprint density at radius 2 is 1.11 bits per heavy atom. The van der Waals surface area contributed by atoms with Gasteiger partial charge in [-0.25, -0.2) is 0 Å². The van der Waals surface area contributed by atoms with Crippen molar-refractivity contribution in [3.8, 4) is 5.75 Å². The third-order valence-corrected chi connectivity index (χ3v) is 25.5. The SMILES string of the molecule is CCCC[C@H]1C(=O)N(C)[C@@H](CCCC)C(=O)N[C@@H](CC(C)C)C(=O)N[C@H](C(=O)NCC(N)=O)CNCC(=O)N[C@@H](Cc2ccc(OC)cc2)C(=O)N2CCCC[C@H]2C(=O)N[C@@H](CC(N)=O)C(=O)N2CCC[C@H]2C(=O)N[C@@H](CN)C(=O)N[C@@H](CC(C)C)C(=O)N2C[C@H](O)C[C@H]2C(=O)C[C@@H](Cc2c[nH]c3ccccc23)C(=O)N[C@@H](CCN)C(=O)N[C@@H](Cc2cn(CC(=O)O)c3ccccc23)C(=O)N1C. The van der Waals surface area contributed by atoms with Crippen molar-refractivity contribution in [3.05, 3.63) is 102 Å². The Hall–Kier alpha value is -13.0. The zero-order valence-electron chi connectivity index (χ0n) is 79.5. The fourth-order valence-corrected chi connectivity index (χ4v) is 18.3. The summed E-state index contributed by atoms with van der Waals surface area (Å²) in [7, 11) is 4.17. The molecule has 137 heavy (non-hydrogen) atoms. The number of nitrogens with one attached hydrogen (secondary N) is 11. The number of benzene rings is 3. The quantitative estimate of drug-likeness (QED) is 0.0286. The number of nitrogens with zero attached hydrogens (tertiary/aromatic N) is 6. The lowest BCUT2D eigenvalue weighted by Gasteiger charge is -2.38. The van der Waals surface area contributed by atoms with E-state index in [1.807, 2.05) is 13.8 Å². The van der Waals surface area contributed by atoms with Crippen molar-refractivity contribution in [2.24, 2.45) is 40.7 Å². The molecule has 4 aliphatic heterocycles. The van der Waals surface area contributed by atoms with Crippen LogP contribution in [0, 0.1) is 17.8 Å². The first kappa shape index (κ1) is 108. The van der Waals surface area contributed by atoms with Crippen LogP contribution in [-0.4, -0.2) is 309 Å². The summed E-state index contributed by atoms with van der Waals surface area (Å²) >= 11 is 0. The van der Waals surface area contributed by atoms with Crippen LogP contribution in [0.5, 0.6) is 5.75 Å². The second-order valence-corrected chi connectivity index (χ2v) is 36.8. The molecule has 9 rings (SSSR count). The smallest absolute Gasteiger partial charge is 0.323 e. The molecule has 6 heterocycles. The number of amides is 16. The average molecular weight is 1910 g/mol. The molecule has 4 saturated heterocycles. The molecule has 748 valence electrons. The topological polar surface area (TPSA) is 618 Å². The Morgan fingerprint density at radius 3 is 1.74 bits per heavy atom. The van der Waals surface area contributed by atoms with Crippen LogP contribution in [-0.2, 0) is 112 Å². The number of methoxy groups -OCH3 is 1. The number of aromatic nitrogens is 2. The Kier molecular flexibility index (Phi) is 40.3. The molecule has 0 saturated carbocycles. The molecule has 5 aromatic rings. The molecule has 3 aromatic carbocycles. The number of hydrogen-bond donors (Lipinski definition) is 17. The third kappa shape index (κ3) is 29.5. The number of para-hydroxylation sites is 2. The van der Waals surface area contributed by atoms with Crippen molar-refractivity contribution in [3.63, 3.8) is 0 Å². The maximum absolute atomic E-state index is 16.0. The molecular formula is C95H137N21O21. The van der Waals surface area contributed by atoms with E-state index in [2.05, 4.69) is 58.2 Å². The minimum Gasteiger partial charge on any atom is -0.497 e. The van der Waals surface area contributed by atoms with Gasteiger partial charge in [0.05, 0.1) is 38.8 Å². The highest BCUT2D eigenvalue weighted by Crippen LogP contribution is 2.31. The van der Waals surface area contributed by atoms with Gasteiger partial charge in [0.2, 0.25) is 94.5 Å². The van der Waals surface area contributed by atoms with E-state index in [4.69, 9.17) is 27.7 Å². The van der Waals surface area contributed by atoms with E-state index >= 15 is 38.4 Å². The second-order valence-electron chi connectivity index (χ2n) is 36.8. The van der Waals surface area contributed by atoms with Crippen molar-refractivity contribution >= 4 is 128 Å². The molecule has 0 radical (unpaired) electrons. The lowest BCUT2D eigenvalue weighted by molar-refractivity contribution is -0.149. The summed E-state index contributed by atoms with van der Waals surface area (Å²) in [5.74, 6) is -17.8. The molecule has 15 atom stereocenters. The number of aliphatic carboxylic acids is 1. The first-order chi connectivity index (χ1) is 65.3. The molecule has 0 bridgehead atoms.